The first-order valence-electron chi connectivity index (χ1n) is 4.77. The number of aryl methyl sites for hydroxylation is 1. The van der Waals surface area contributed by atoms with Crippen molar-refractivity contribution in [2.45, 2.75) is 32.7 Å². The Morgan fingerprint density at radius 2 is 2.29 bits per heavy atom. The molecule has 0 spiro atoms. The Morgan fingerprint density at radius 1 is 1.50 bits per heavy atom. The topological polar surface area (TPSA) is 12.0 Å². The van der Waals surface area contributed by atoms with Crippen molar-refractivity contribution in [3.8, 4) is 0 Å². The number of nitrogens with one attached hydrogen (secondary N) is 1. The predicted octanol–water partition coefficient (Wildman–Crippen LogP) is 3.06. The highest BCUT2D eigenvalue weighted by Gasteiger charge is 2.02. The Bertz CT molecular complexity index is 260. The summed E-state index contributed by atoms with van der Waals surface area (Å²) >= 11 is 1.71. The number of rotatable bonds is 6. The molecule has 0 saturated carbocycles. The minimum Gasteiger partial charge on any atom is -0.307 e. The second-order valence-corrected chi connectivity index (χ2v) is 4.19. The van der Waals surface area contributed by atoms with Gasteiger partial charge in [0.15, 0.2) is 0 Å². The number of thiophene rings is 1. The maximum absolute atomic E-state index is 11.8. The van der Waals surface area contributed by atoms with Crippen LogP contribution in [0.1, 0.15) is 23.8 Å². The van der Waals surface area contributed by atoms with E-state index in [1.807, 2.05) is 5.38 Å². The van der Waals surface area contributed by atoms with E-state index in [0.29, 0.717) is 6.54 Å². The van der Waals surface area contributed by atoms with Gasteiger partial charge in [-0.25, -0.2) is 8.78 Å². The SMILES string of the molecule is CCCc1cc(CNCC(F)F)cs1. The monoisotopic (exact) mass is 219 g/mol. The summed E-state index contributed by atoms with van der Waals surface area (Å²) in [5, 5.41) is 4.74. The van der Waals surface area contributed by atoms with E-state index in [1.165, 1.54) is 4.88 Å². The van der Waals surface area contributed by atoms with Crippen LogP contribution in [0.4, 0.5) is 8.78 Å². The molecule has 1 N–H and O–H groups in total. The highest BCUT2D eigenvalue weighted by Crippen LogP contribution is 2.16. The van der Waals surface area contributed by atoms with Gasteiger partial charge in [-0.1, -0.05) is 13.3 Å². The van der Waals surface area contributed by atoms with Crippen molar-refractivity contribution < 1.29 is 8.78 Å². The van der Waals surface area contributed by atoms with Crippen molar-refractivity contribution in [3.63, 3.8) is 0 Å². The average Bonchev–Trinajstić information content (AvgIpc) is 2.53. The number of halogens is 2. The summed E-state index contributed by atoms with van der Waals surface area (Å²) in [5.41, 5.74) is 1.11. The lowest BCUT2D eigenvalue weighted by Gasteiger charge is -2.00. The summed E-state index contributed by atoms with van der Waals surface area (Å²) in [5.74, 6) is 0. The molecule has 0 amide bonds. The maximum atomic E-state index is 11.8. The maximum Gasteiger partial charge on any atom is 0.250 e. The Kier molecular flexibility index (Phi) is 5.04. The van der Waals surface area contributed by atoms with Crippen molar-refractivity contribution in [1.29, 1.82) is 0 Å². The average molecular weight is 219 g/mol. The Hall–Kier alpha value is -0.480. The molecule has 0 aromatic carbocycles. The van der Waals surface area contributed by atoms with Crippen LogP contribution in [0.25, 0.3) is 0 Å². The normalized spacial score (nSPS) is 11.1. The first-order valence-corrected chi connectivity index (χ1v) is 5.65. The van der Waals surface area contributed by atoms with Crippen LogP contribution in [0.2, 0.25) is 0 Å². The lowest BCUT2D eigenvalue weighted by atomic mass is 10.2. The fourth-order valence-electron chi connectivity index (χ4n) is 1.22. The lowest BCUT2D eigenvalue weighted by molar-refractivity contribution is 0.145. The molecule has 0 aliphatic carbocycles. The smallest absolute Gasteiger partial charge is 0.250 e. The molecule has 1 aromatic rings. The summed E-state index contributed by atoms with van der Waals surface area (Å²) in [6.07, 6.45) is -0.0482. The second-order valence-electron chi connectivity index (χ2n) is 3.19. The molecule has 0 bridgehead atoms. The van der Waals surface area contributed by atoms with Gasteiger partial charge in [0.1, 0.15) is 0 Å². The zero-order valence-electron chi connectivity index (χ0n) is 8.22. The molecular weight excluding hydrogens is 204 g/mol. The Morgan fingerprint density at radius 3 is 2.93 bits per heavy atom. The summed E-state index contributed by atoms with van der Waals surface area (Å²) in [7, 11) is 0. The summed E-state index contributed by atoms with van der Waals surface area (Å²) < 4.78 is 23.6. The van der Waals surface area contributed by atoms with E-state index >= 15 is 0 Å². The highest BCUT2D eigenvalue weighted by molar-refractivity contribution is 7.10. The van der Waals surface area contributed by atoms with Crippen molar-refractivity contribution in [1.82, 2.24) is 5.32 Å². The lowest BCUT2D eigenvalue weighted by Crippen LogP contribution is -2.20. The molecule has 0 aliphatic heterocycles. The molecule has 4 heteroatoms. The molecule has 1 nitrogen and oxygen atoms in total. The van der Waals surface area contributed by atoms with E-state index in [0.717, 1.165) is 18.4 Å². The predicted molar refractivity (Wildman–Crippen MR) is 56.0 cm³/mol. The minimum absolute atomic E-state index is 0.223. The summed E-state index contributed by atoms with van der Waals surface area (Å²) in [4.78, 5) is 1.33. The van der Waals surface area contributed by atoms with Crippen molar-refractivity contribution in [2.24, 2.45) is 0 Å². The van der Waals surface area contributed by atoms with Crippen LogP contribution in [0.3, 0.4) is 0 Å². The van der Waals surface area contributed by atoms with E-state index in [4.69, 9.17) is 0 Å². The van der Waals surface area contributed by atoms with Gasteiger partial charge in [-0.15, -0.1) is 11.3 Å². The van der Waals surface area contributed by atoms with Gasteiger partial charge in [0.05, 0.1) is 6.54 Å². The van der Waals surface area contributed by atoms with Crippen LogP contribution < -0.4 is 5.32 Å². The van der Waals surface area contributed by atoms with E-state index < -0.39 is 6.43 Å². The molecule has 1 aromatic heterocycles. The quantitative estimate of drug-likeness (QED) is 0.775. The number of hydrogen-bond acceptors (Lipinski definition) is 2. The fourth-order valence-corrected chi connectivity index (χ4v) is 2.22. The molecule has 0 fully saturated rings. The molecule has 0 aliphatic rings. The molecule has 0 atom stereocenters. The van der Waals surface area contributed by atoms with Gasteiger partial charge in [0.25, 0.3) is 6.43 Å². The fraction of sp³-hybridized carbons (Fsp3) is 0.600. The Labute approximate surface area is 87.1 Å². The van der Waals surface area contributed by atoms with Crippen LogP contribution in [0.15, 0.2) is 11.4 Å². The molecule has 0 saturated heterocycles. The van der Waals surface area contributed by atoms with Crippen molar-refractivity contribution in [3.05, 3.63) is 21.9 Å². The van der Waals surface area contributed by atoms with E-state index in [-0.39, 0.29) is 6.54 Å². The molecule has 1 rings (SSSR count). The van der Waals surface area contributed by atoms with Crippen LogP contribution in [-0.2, 0) is 13.0 Å². The third kappa shape index (κ3) is 4.15. The molecule has 14 heavy (non-hydrogen) atoms. The zero-order valence-corrected chi connectivity index (χ0v) is 9.04. The Balaban J connectivity index is 2.28. The van der Waals surface area contributed by atoms with Gasteiger partial charge < -0.3 is 5.32 Å². The highest BCUT2D eigenvalue weighted by atomic mass is 32.1. The van der Waals surface area contributed by atoms with E-state index in [9.17, 15) is 8.78 Å². The van der Waals surface area contributed by atoms with Gasteiger partial charge in [-0.2, -0.15) is 0 Å². The van der Waals surface area contributed by atoms with E-state index in [1.54, 1.807) is 11.3 Å². The minimum atomic E-state index is -2.26. The number of alkyl halides is 2. The van der Waals surface area contributed by atoms with Gasteiger partial charge >= 0.3 is 0 Å². The molecular formula is C10H15F2NS. The van der Waals surface area contributed by atoms with Crippen LogP contribution in [-0.4, -0.2) is 13.0 Å². The largest absolute Gasteiger partial charge is 0.307 e. The molecule has 80 valence electrons. The van der Waals surface area contributed by atoms with Gasteiger partial charge in [-0.3, -0.25) is 0 Å². The van der Waals surface area contributed by atoms with Gasteiger partial charge in [0.2, 0.25) is 0 Å². The van der Waals surface area contributed by atoms with Crippen LogP contribution in [0, 0.1) is 0 Å². The first kappa shape index (κ1) is 11.6. The van der Waals surface area contributed by atoms with Gasteiger partial charge in [0, 0.05) is 11.4 Å². The van der Waals surface area contributed by atoms with E-state index in [2.05, 4.69) is 18.3 Å². The first-order chi connectivity index (χ1) is 6.72. The third-order valence-electron chi connectivity index (χ3n) is 1.83. The van der Waals surface area contributed by atoms with Crippen molar-refractivity contribution in [2.75, 3.05) is 6.54 Å². The number of hydrogen-bond donors (Lipinski definition) is 1. The summed E-state index contributed by atoms with van der Waals surface area (Å²) in [6, 6.07) is 2.09. The van der Waals surface area contributed by atoms with Crippen molar-refractivity contribution >= 4 is 11.3 Å². The van der Waals surface area contributed by atoms with Crippen LogP contribution in [0.5, 0.6) is 0 Å². The third-order valence-corrected chi connectivity index (χ3v) is 2.88. The molecule has 1 heterocycles. The summed E-state index contributed by atoms with van der Waals surface area (Å²) in [6.45, 7) is 2.46. The van der Waals surface area contributed by atoms with Crippen LogP contribution >= 0.6 is 11.3 Å². The molecule has 0 radical (unpaired) electrons. The standard InChI is InChI=1S/C10H15F2NS/c1-2-3-9-4-8(7-14-9)5-13-6-10(11)12/h4,7,10,13H,2-3,5-6H2,1H3. The van der Waals surface area contributed by atoms with Gasteiger partial charge in [-0.05, 0) is 23.4 Å². The second kappa shape index (κ2) is 6.09. The molecule has 0 unspecified atom stereocenters. The zero-order chi connectivity index (χ0) is 10.4.